The number of aliphatic hydroxyl groups is 4. The molecule has 1 amide bonds. The molecule has 0 aromatic carbocycles. The van der Waals surface area contributed by atoms with Gasteiger partial charge in [-0.3, -0.25) is 9.35 Å². The molecule has 1 aliphatic heterocycles. The normalized spacial score (nSPS) is 19.1. The summed E-state index contributed by atoms with van der Waals surface area (Å²) in [6.45, 7) is 3.49. The second-order valence-electron chi connectivity index (χ2n) is 22.7. The molecule has 0 aromatic rings. The number of nitrogens with one attached hydrogen (secondary N) is 1. The van der Waals surface area contributed by atoms with Gasteiger partial charge >= 0.3 is 10.4 Å². The summed E-state index contributed by atoms with van der Waals surface area (Å²) in [5.41, 5.74) is 0. The maximum atomic E-state index is 13.2. The number of unbranched alkanes of at least 4 members (excludes halogenated alkanes) is 41. The van der Waals surface area contributed by atoms with Crippen molar-refractivity contribution in [2.24, 2.45) is 0 Å². The van der Waals surface area contributed by atoms with E-state index in [4.69, 9.17) is 9.47 Å². The summed E-state index contributed by atoms with van der Waals surface area (Å²) in [5, 5.41) is 45.1. The molecular formula is C63H121NO11S. The quantitative estimate of drug-likeness (QED) is 0.0193. The number of hydrogen-bond donors (Lipinski definition) is 6. The minimum atomic E-state index is -5.08. The van der Waals surface area contributed by atoms with Crippen LogP contribution >= 0.6 is 0 Å². The van der Waals surface area contributed by atoms with Crippen LogP contribution in [0.25, 0.3) is 0 Å². The standard InChI is InChI=1S/C63H121NO11S/c1-3-5-7-9-11-13-15-17-19-20-21-22-23-24-25-26-27-28-29-30-31-32-33-34-35-36-37-38-39-41-43-45-47-49-51-53-59(67)64-56(55-73-63-61(69)62(75-76(70,71)72)60(68)58(54-65)74-63)57(66)52-50-48-46-44-42-40-18-16-14-12-10-8-6-4-2/h23-24,26-27,56-58,60-63,65-66,68-69H,3-22,25,28-55H2,1-2H3,(H,64,67)(H,70,71,72)/b24-23-,27-26-. The maximum Gasteiger partial charge on any atom is 0.397 e. The third-order valence-corrected chi connectivity index (χ3v) is 16.0. The first kappa shape index (κ1) is 72.6. The predicted octanol–water partition coefficient (Wildman–Crippen LogP) is 16.0. The van der Waals surface area contributed by atoms with Crippen LogP contribution < -0.4 is 5.32 Å². The van der Waals surface area contributed by atoms with Gasteiger partial charge < -0.3 is 35.2 Å². The fourth-order valence-corrected chi connectivity index (χ4v) is 11.1. The van der Waals surface area contributed by atoms with E-state index in [1.165, 1.54) is 231 Å². The lowest BCUT2D eigenvalue weighted by atomic mass is 9.99. The monoisotopic (exact) mass is 1100 g/mol. The van der Waals surface area contributed by atoms with E-state index in [2.05, 4.69) is 47.7 Å². The van der Waals surface area contributed by atoms with Gasteiger partial charge in [0.1, 0.15) is 24.4 Å². The number of aliphatic hydroxyl groups excluding tert-OH is 4. The summed E-state index contributed by atoms with van der Waals surface area (Å²) < 4.78 is 47.9. The first-order valence-electron chi connectivity index (χ1n) is 32.2. The molecule has 7 atom stereocenters. The third kappa shape index (κ3) is 44.3. The van der Waals surface area contributed by atoms with E-state index < -0.39 is 59.9 Å². The summed E-state index contributed by atoms with van der Waals surface area (Å²) in [5.74, 6) is -0.225. The molecule has 7 unspecified atom stereocenters. The number of rotatable bonds is 57. The largest absolute Gasteiger partial charge is 0.397 e. The number of amides is 1. The summed E-state index contributed by atoms with van der Waals surface area (Å²) in [6.07, 6.45) is 57.9. The molecule has 0 aromatic heterocycles. The molecule has 76 heavy (non-hydrogen) atoms. The second kappa shape index (κ2) is 52.9. The highest BCUT2D eigenvalue weighted by Gasteiger charge is 2.48. The van der Waals surface area contributed by atoms with E-state index in [9.17, 15) is 38.2 Å². The number of carbonyl (C=O) groups is 1. The van der Waals surface area contributed by atoms with Gasteiger partial charge in [0, 0.05) is 6.42 Å². The molecule has 6 N–H and O–H groups in total. The van der Waals surface area contributed by atoms with Crippen LogP contribution in [0.2, 0.25) is 0 Å². The molecule has 1 fully saturated rings. The second-order valence-corrected chi connectivity index (χ2v) is 23.8. The molecule has 0 bridgehead atoms. The summed E-state index contributed by atoms with van der Waals surface area (Å²) in [4.78, 5) is 13.2. The van der Waals surface area contributed by atoms with Crippen LogP contribution in [0.4, 0.5) is 0 Å². The molecule has 1 rings (SSSR count). The average molecular weight is 1100 g/mol. The molecule has 1 saturated heterocycles. The smallest absolute Gasteiger partial charge is 0.394 e. The molecule has 0 aliphatic carbocycles. The molecule has 1 aliphatic rings. The molecule has 0 spiro atoms. The molecule has 0 radical (unpaired) electrons. The van der Waals surface area contributed by atoms with E-state index in [1.807, 2.05) is 0 Å². The molecule has 1 heterocycles. The van der Waals surface area contributed by atoms with Crippen molar-refractivity contribution < 1.29 is 51.8 Å². The van der Waals surface area contributed by atoms with E-state index in [1.54, 1.807) is 0 Å². The molecular weight excluding hydrogens is 979 g/mol. The minimum absolute atomic E-state index is 0.225. The Hall–Kier alpha value is -1.42. The SMILES string of the molecule is CCCCCCCCCCCCC/C=C\C/C=C\CCCCCCCCCCCCCCCCCCCC(=O)NC(COC1OC(CO)C(O)C(OS(=O)(=O)O)C1O)C(O)CCCCCCCCCCCCCCCC. The topological polar surface area (TPSA) is 192 Å². The number of hydrogen-bond acceptors (Lipinski definition) is 10. The van der Waals surface area contributed by atoms with Gasteiger partial charge in [0.25, 0.3) is 0 Å². The van der Waals surface area contributed by atoms with Crippen LogP contribution in [-0.4, -0.2) is 95.4 Å². The van der Waals surface area contributed by atoms with Crippen molar-refractivity contribution in [1.29, 1.82) is 0 Å². The molecule has 0 saturated carbocycles. The van der Waals surface area contributed by atoms with Crippen molar-refractivity contribution in [1.82, 2.24) is 5.32 Å². The van der Waals surface area contributed by atoms with Crippen molar-refractivity contribution >= 4 is 16.3 Å². The van der Waals surface area contributed by atoms with E-state index >= 15 is 0 Å². The third-order valence-electron chi connectivity index (χ3n) is 15.5. The number of ether oxygens (including phenoxy) is 2. The fourth-order valence-electron chi connectivity index (χ4n) is 10.6. The van der Waals surface area contributed by atoms with Gasteiger partial charge in [-0.25, -0.2) is 4.18 Å². The average Bonchev–Trinajstić information content (AvgIpc) is 3.40. The van der Waals surface area contributed by atoms with E-state index in [0.717, 1.165) is 57.8 Å². The van der Waals surface area contributed by atoms with Gasteiger partial charge in [0.15, 0.2) is 6.29 Å². The highest BCUT2D eigenvalue weighted by atomic mass is 32.3. The Morgan fingerprint density at radius 2 is 0.882 bits per heavy atom. The zero-order valence-corrected chi connectivity index (χ0v) is 49.9. The van der Waals surface area contributed by atoms with Gasteiger partial charge in [-0.2, -0.15) is 8.42 Å². The Bertz CT molecular complexity index is 1430. The fraction of sp³-hybridized carbons (Fsp3) is 0.921. The van der Waals surface area contributed by atoms with Crippen LogP contribution in [0.3, 0.4) is 0 Å². The summed E-state index contributed by atoms with van der Waals surface area (Å²) in [6, 6.07) is -0.856. The Morgan fingerprint density at radius 1 is 0.526 bits per heavy atom. The number of carbonyl (C=O) groups excluding carboxylic acids is 1. The molecule has 13 heteroatoms. The lowest BCUT2D eigenvalue weighted by Gasteiger charge is -2.41. The molecule has 12 nitrogen and oxygen atoms in total. The van der Waals surface area contributed by atoms with Gasteiger partial charge in [0.2, 0.25) is 5.91 Å². The van der Waals surface area contributed by atoms with Crippen LogP contribution in [0.1, 0.15) is 316 Å². The van der Waals surface area contributed by atoms with Crippen LogP contribution in [0.15, 0.2) is 24.3 Å². The van der Waals surface area contributed by atoms with Crippen LogP contribution in [0.5, 0.6) is 0 Å². The lowest BCUT2D eigenvalue weighted by Crippen LogP contribution is -2.61. The van der Waals surface area contributed by atoms with Crippen molar-refractivity contribution in [3.8, 4) is 0 Å². The Labute approximate surface area is 467 Å². The Morgan fingerprint density at radius 3 is 1.25 bits per heavy atom. The maximum absolute atomic E-state index is 13.2. The molecule has 450 valence electrons. The predicted molar refractivity (Wildman–Crippen MR) is 315 cm³/mol. The Balaban J connectivity index is 2.18. The van der Waals surface area contributed by atoms with Crippen LogP contribution in [-0.2, 0) is 28.9 Å². The van der Waals surface area contributed by atoms with Gasteiger partial charge in [-0.15, -0.1) is 0 Å². The zero-order chi connectivity index (χ0) is 55.4. The van der Waals surface area contributed by atoms with Crippen molar-refractivity contribution in [2.75, 3.05) is 13.2 Å². The number of allylic oxidation sites excluding steroid dienone is 4. The lowest BCUT2D eigenvalue weighted by molar-refractivity contribution is -0.298. The van der Waals surface area contributed by atoms with Crippen LogP contribution in [0, 0.1) is 0 Å². The van der Waals surface area contributed by atoms with Crippen molar-refractivity contribution in [3.63, 3.8) is 0 Å². The van der Waals surface area contributed by atoms with Gasteiger partial charge in [-0.05, 0) is 44.9 Å². The summed E-state index contributed by atoms with van der Waals surface area (Å²) in [7, 11) is -5.08. The Kier molecular flexibility index (Phi) is 50.6. The zero-order valence-electron chi connectivity index (χ0n) is 49.1. The van der Waals surface area contributed by atoms with Crippen molar-refractivity contribution in [3.05, 3.63) is 24.3 Å². The first-order chi connectivity index (χ1) is 37.0. The van der Waals surface area contributed by atoms with E-state index in [-0.39, 0.29) is 12.5 Å². The highest BCUT2D eigenvalue weighted by Crippen LogP contribution is 2.26. The van der Waals surface area contributed by atoms with Gasteiger partial charge in [0.05, 0.1) is 25.4 Å². The first-order valence-corrected chi connectivity index (χ1v) is 33.6. The van der Waals surface area contributed by atoms with Crippen molar-refractivity contribution in [2.45, 2.75) is 358 Å². The van der Waals surface area contributed by atoms with Gasteiger partial charge in [-0.1, -0.05) is 289 Å². The van der Waals surface area contributed by atoms with E-state index in [0.29, 0.717) is 12.8 Å². The minimum Gasteiger partial charge on any atom is -0.394 e. The highest BCUT2D eigenvalue weighted by molar-refractivity contribution is 7.80. The summed E-state index contributed by atoms with van der Waals surface area (Å²) >= 11 is 0.